The molecule has 0 spiro atoms. The summed E-state index contributed by atoms with van der Waals surface area (Å²) in [5.74, 6) is -1.89. The zero-order chi connectivity index (χ0) is 18.0. The summed E-state index contributed by atoms with van der Waals surface area (Å²) in [5, 5.41) is 2.98. The van der Waals surface area contributed by atoms with Gasteiger partial charge >= 0.3 is 0 Å². The predicted molar refractivity (Wildman–Crippen MR) is 91.3 cm³/mol. The Labute approximate surface area is 141 Å². The Hall–Kier alpha value is -2.17. The smallest absolute Gasteiger partial charge is 0.268 e. The van der Waals surface area contributed by atoms with Crippen molar-refractivity contribution in [3.63, 3.8) is 0 Å². The molecule has 1 atom stereocenters. The Morgan fingerprint density at radius 2 is 1.83 bits per heavy atom. The zero-order valence-electron chi connectivity index (χ0n) is 14.8. The molecular formula is C19H24F2N2O. The van der Waals surface area contributed by atoms with Gasteiger partial charge in [-0.3, -0.25) is 4.79 Å². The molecule has 130 valence electrons. The van der Waals surface area contributed by atoms with Crippen LogP contribution >= 0.6 is 0 Å². The minimum absolute atomic E-state index is 0.0733. The molecule has 1 aromatic carbocycles. The second-order valence-corrected chi connectivity index (χ2v) is 6.30. The van der Waals surface area contributed by atoms with Gasteiger partial charge in [-0.25, -0.2) is 8.78 Å². The van der Waals surface area contributed by atoms with Crippen molar-refractivity contribution in [3.05, 3.63) is 57.9 Å². The summed E-state index contributed by atoms with van der Waals surface area (Å²) in [6.07, 6.45) is 0.840. The van der Waals surface area contributed by atoms with Crippen molar-refractivity contribution in [3.8, 4) is 0 Å². The molecule has 0 aliphatic heterocycles. The van der Waals surface area contributed by atoms with Crippen LogP contribution in [0.3, 0.4) is 0 Å². The van der Waals surface area contributed by atoms with Crippen molar-refractivity contribution in [2.75, 3.05) is 0 Å². The van der Waals surface area contributed by atoms with Crippen molar-refractivity contribution < 1.29 is 13.6 Å². The van der Waals surface area contributed by atoms with Gasteiger partial charge in [0, 0.05) is 18.3 Å². The third-order valence-electron chi connectivity index (χ3n) is 4.66. The fourth-order valence-electron chi connectivity index (χ4n) is 2.73. The van der Waals surface area contributed by atoms with E-state index in [0.29, 0.717) is 17.8 Å². The molecule has 3 nitrogen and oxygen atoms in total. The number of carbonyl (C=O) groups excluding carboxylic acids is 1. The van der Waals surface area contributed by atoms with E-state index >= 15 is 0 Å². The lowest BCUT2D eigenvalue weighted by molar-refractivity contribution is 0.0929. The summed E-state index contributed by atoms with van der Waals surface area (Å²) < 4.78 is 28.5. The van der Waals surface area contributed by atoms with Gasteiger partial charge in [0.05, 0.1) is 0 Å². The molecule has 1 aromatic heterocycles. The van der Waals surface area contributed by atoms with Gasteiger partial charge in [0.2, 0.25) is 0 Å². The number of hydrogen-bond donors (Lipinski definition) is 1. The number of aromatic nitrogens is 1. The summed E-state index contributed by atoms with van der Waals surface area (Å²) in [6, 6.07) is 3.90. The van der Waals surface area contributed by atoms with E-state index in [-0.39, 0.29) is 11.9 Å². The molecule has 1 N–H and O–H groups in total. The lowest BCUT2D eigenvalue weighted by Gasteiger charge is -2.16. The molecule has 1 heterocycles. The van der Waals surface area contributed by atoms with E-state index in [1.165, 1.54) is 6.07 Å². The van der Waals surface area contributed by atoms with E-state index in [1.807, 2.05) is 39.2 Å². The molecule has 0 bridgehead atoms. The van der Waals surface area contributed by atoms with Gasteiger partial charge in [-0.1, -0.05) is 13.0 Å². The second kappa shape index (κ2) is 7.16. The first-order chi connectivity index (χ1) is 11.3. The van der Waals surface area contributed by atoms with Gasteiger partial charge < -0.3 is 9.88 Å². The number of nitrogens with zero attached hydrogens (tertiary/aromatic N) is 1. The summed E-state index contributed by atoms with van der Waals surface area (Å²) in [7, 11) is 0. The molecule has 2 rings (SSSR count). The molecule has 24 heavy (non-hydrogen) atoms. The Morgan fingerprint density at radius 3 is 2.42 bits per heavy atom. The highest BCUT2D eigenvalue weighted by Crippen LogP contribution is 2.23. The fourth-order valence-corrected chi connectivity index (χ4v) is 2.73. The van der Waals surface area contributed by atoms with E-state index in [1.54, 1.807) is 6.07 Å². The van der Waals surface area contributed by atoms with Gasteiger partial charge in [-0.05, 0) is 62.9 Å². The maximum Gasteiger partial charge on any atom is 0.268 e. The highest BCUT2D eigenvalue weighted by atomic mass is 19.2. The molecule has 0 fully saturated rings. The van der Waals surface area contributed by atoms with E-state index in [9.17, 15) is 13.6 Å². The van der Waals surface area contributed by atoms with Gasteiger partial charge in [-0.2, -0.15) is 0 Å². The first kappa shape index (κ1) is 18.2. The number of rotatable bonds is 5. The molecule has 0 aliphatic rings. The van der Waals surface area contributed by atoms with Crippen LogP contribution in [0.2, 0.25) is 0 Å². The predicted octanol–water partition coefficient (Wildman–Crippen LogP) is 4.27. The standard InChI is InChI=1S/C19H24F2N2O/c1-6-11(2)22-19(24)18-13(4)12(3)14(5)23(18)10-15-7-8-16(20)17(21)9-15/h7-9,11H,6,10H2,1-5H3,(H,22,24)/t11-/m0/s1. The SMILES string of the molecule is CC[C@H](C)NC(=O)c1c(C)c(C)c(C)n1Cc1ccc(F)c(F)c1. The van der Waals surface area contributed by atoms with Crippen LogP contribution in [0.4, 0.5) is 8.78 Å². The summed E-state index contributed by atoms with van der Waals surface area (Å²) in [4.78, 5) is 12.7. The number of hydrogen-bond acceptors (Lipinski definition) is 1. The third-order valence-corrected chi connectivity index (χ3v) is 4.66. The monoisotopic (exact) mass is 334 g/mol. The maximum absolute atomic E-state index is 13.5. The van der Waals surface area contributed by atoms with Crippen LogP contribution in [-0.4, -0.2) is 16.5 Å². The van der Waals surface area contributed by atoms with Crippen LogP contribution in [0.5, 0.6) is 0 Å². The van der Waals surface area contributed by atoms with Gasteiger partial charge in [-0.15, -0.1) is 0 Å². The van der Waals surface area contributed by atoms with Crippen molar-refractivity contribution in [2.24, 2.45) is 0 Å². The van der Waals surface area contributed by atoms with Crippen molar-refractivity contribution in [1.29, 1.82) is 0 Å². The highest BCUT2D eigenvalue weighted by Gasteiger charge is 2.21. The van der Waals surface area contributed by atoms with Crippen LogP contribution in [-0.2, 0) is 6.54 Å². The van der Waals surface area contributed by atoms with Crippen LogP contribution < -0.4 is 5.32 Å². The maximum atomic E-state index is 13.5. The lowest BCUT2D eigenvalue weighted by Crippen LogP contribution is -2.34. The highest BCUT2D eigenvalue weighted by molar-refractivity contribution is 5.95. The first-order valence-electron chi connectivity index (χ1n) is 8.17. The second-order valence-electron chi connectivity index (χ2n) is 6.30. The van der Waals surface area contributed by atoms with E-state index in [0.717, 1.165) is 29.3 Å². The van der Waals surface area contributed by atoms with E-state index in [2.05, 4.69) is 5.32 Å². The van der Waals surface area contributed by atoms with Crippen molar-refractivity contribution in [1.82, 2.24) is 9.88 Å². The minimum atomic E-state index is -0.878. The topological polar surface area (TPSA) is 34.0 Å². The molecule has 1 amide bonds. The molecule has 0 saturated carbocycles. The molecule has 2 aromatic rings. The molecule has 0 unspecified atom stereocenters. The third kappa shape index (κ3) is 3.50. The quantitative estimate of drug-likeness (QED) is 0.870. The number of carbonyl (C=O) groups is 1. The first-order valence-corrected chi connectivity index (χ1v) is 8.17. The molecule has 0 saturated heterocycles. The Morgan fingerprint density at radius 1 is 1.17 bits per heavy atom. The largest absolute Gasteiger partial charge is 0.348 e. The average molecular weight is 334 g/mol. The number of amides is 1. The van der Waals surface area contributed by atoms with E-state index in [4.69, 9.17) is 0 Å². The average Bonchev–Trinajstić information content (AvgIpc) is 2.75. The van der Waals surface area contributed by atoms with Gasteiger partial charge in [0.25, 0.3) is 5.91 Å². The lowest BCUT2D eigenvalue weighted by atomic mass is 10.1. The minimum Gasteiger partial charge on any atom is -0.348 e. The summed E-state index contributed by atoms with van der Waals surface area (Å²) in [6.45, 7) is 10.1. The van der Waals surface area contributed by atoms with Crippen LogP contribution in [0.15, 0.2) is 18.2 Å². The summed E-state index contributed by atoms with van der Waals surface area (Å²) in [5.41, 5.74) is 4.09. The number of nitrogens with one attached hydrogen (secondary N) is 1. The number of benzene rings is 1. The van der Waals surface area contributed by atoms with Crippen molar-refractivity contribution in [2.45, 2.75) is 53.6 Å². The molecular weight excluding hydrogens is 310 g/mol. The fraction of sp³-hybridized carbons (Fsp3) is 0.421. The molecule has 5 heteroatoms. The normalized spacial score (nSPS) is 12.3. The van der Waals surface area contributed by atoms with Crippen LogP contribution in [0.25, 0.3) is 0 Å². The molecule has 0 radical (unpaired) electrons. The zero-order valence-corrected chi connectivity index (χ0v) is 14.8. The Balaban J connectivity index is 2.43. The van der Waals surface area contributed by atoms with Gasteiger partial charge in [0.1, 0.15) is 5.69 Å². The summed E-state index contributed by atoms with van der Waals surface area (Å²) >= 11 is 0. The number of halogens is 2. The van der Waals surface area contributed by atoms with Gasteiger partial charge in [0.15, 0.2) is 11.6 Å². The van der Waals surface area contributed by atoms with Crippen molar-refractivity contribution >= 4 is 5.91 Å². The Bertz CT molecular complexity index is 765. The van der Waals surface area contributed by atoms with Crippen LogP contribution in [0.1, 0.15) is 53.1 Å². The van der Waals surface area contributed by atoms with E-state index < -0.39 is 11.6 Å². The Kier molecular flexibility index (Phi) is 5.42. The molecule has 0 aliphatic carbocycles. The van der Waals surface area contributed by atoms with Crippen LogP contribution in [0, 0.1) is 32.4 Å².